The van der Waals surface area contributed by atoms with Gasteiger partial charge in [-0.3, -0.25) is 0 Å². The minimum atomic E-state index is -3.38. The summed E-state index contributed by atoms with van der Waals surface area (Å²) in [5.74, 6) is 0. The lowest BCUT2D eigenvalue weighted by molar-refractivity contribution is 0.380. The van der Waals surface area contributed by atoms with Gasteiger partial charge in [-0.25, -0.2) is 8.42 Å². The molecule has 1 rings (SSSR count). The van der Waals surface area contributed by atoms with Crippen LogP contribution in [0.5, 0.6) is 0 Å². The molecule has 4 nitrogen and oxygen atoms in total. The van der Waals surface area contributed by atoms with Crippen molar-refractivity contribution in [3.05, 3.63) is 16.3 Å². The fraction of sp³-hybridized carbons (Fsp3) is 0.692. The summed E-state index contributed by atoms with van der Waals surface area (Å²) >= 11 is 1.49. The standard InChI is InChI=1S/C13H24N2O2S2/c1-6-11(4)15(5)19(16,17)13-7-8-18-12(13)9-14-10(2)3/h7-8,10-11,14H,6,9H2,1-5H3. The third-order valence-corrected chi connectivity index (χ3v) is 6.35. The van der Waals surface area contributed by atoms with Gasteiger partial charge in [0, 0.05) is 30.6 Å². The number of sulfonamides is 1. The highest BCUT2D eigenvalue weighted by Crippen LogP contribution is 2.26. The SMILES string of the molecule is CCC(C)N(C)S(=O)(=O)c1ccsc1CNC(C)C. The molecular weight excluding hydrogens is 280 g/mol. The maximum Gasteiger partial charge on any atom is 0.244 e. The van der Waals surface area contributed by atoms with Gasteiger partial charge in [0.1, 0.15) is 0 Å². The van der Waals surface area contributed by atoms with Gasteiger partial charge in [-0.2, -0.15) is 4.31 Å². The molecule has 1 aromatic heterocycles. The van der Waals surface area contributed by atoms with Crippen LogP contribution in [0.3, 0.4) is 0 Å². The Morgan fingerprint density at radius 3 is 2.53 bits per heavy atom. The molecule has 1 aromatic rings. The van der Waals surface area contributed by atoms with E-state index < -0.39 is 10.0 Å². The van der Waals surface area contributed by atoms with Crippen LogP contribution in [0.15, 0.2) is 16.3 Å². The molecule has 0 aromatic carbocycles. The molecule has 110 valence electrons. The van der Waals surface area contributed by atoms with E-state index in [-0.39, 0.29) is 6.04 Å². The van der Waals surface area contributed by atoms with E-state index in [4.69, 9.17) is 0 Å². The Labute approximate surface area is 120 Å². The van der Waals surface area contributed by atoms with Gasteiger partial charge < -0.3 is 5.32 Å². The zero-order valence-corrected chi connectivity index (χ0v) is 13.9. The highest BCUT2D eigenvalue weighted by molar-refractivity contribution is 7.89. The zero-order chi connectivity index (χ0) is 14.6. The number of thiophene rings is 1. The maximum atomic E-state index is 12.6. The second-order valence-corrected chi connectivity index (χ2v) is 7.99. The van der Waals surface area contributed by atoms with Gasteiger partial charge >= 0.3 is 0 Å². The highest BCUT2D eigenvalue weighted by atomic mass is 32.2. The summed E-state index contributed by atoms with van der Waals surface area (Å²) in [5.41, 5.74) is 0. The quantitative estimate of drug-likeness (QED) is 0.842. The van der Waals surface area contributed by atoms with Crippen LogP contribution in [-0.4, -0.2) is 31.9 Å². The molecule has 0 aliphatic heterocycles. The predicted octanol–water partition coefficient (Wildman–Crippen LogP) is 2.67. The van der Waals surface area contributed by atoms with E-state index >= 15 is 0 Å². The van der Waals surface area contributed by atoms with Crippen LogP contribution in [0.2, 0.25) is 0 Å². The first-order valence-corrected chi connectivity index (χ1v) is 8.90. The molecule has 0 saturated carbocycles. The summed E-state index contributed by atoms with van der Waals surface area (Å²) < 4.78 is 26.6. The molecular formula is C13H24N2O2S2. The van der Waals surface area contributed by atoms with Gasteiger partial charge in [0.2, 0.25) is 10.0 Å². The van der Waals surface area contributed by atoms with Gasteiger partial charge in [0.15, 0.2) is 0 Å². The Balaban J connectivity index is 2.99. The van der Waals surface area contributed by atoms with Crippen LogP contribution in [0, 0.1) is 0 Å². The van der Waals surface area contributed by atoms with Crippen LogP contribution in [0.4, 0.5) is 0 Å². The van der Waals surface area contributed by atoms with Gasteiger partial charge in [-0.1, -0.05) is 20.8 Å². The first-order valence-electron chi connectivity index (χ1n) is 6.58. The molecule has 1 N–H and O–H groups in total. The second kappa shape index (κ2) is 6.83. The molecule has 19 heavy (non-hydrogen) atoms. The topological polar surface area (TPSA) is 49.4 Å². The van der Waals surface area contributed by atoms with E-state index in [2.05, 4.69) is 5.32 Å². The van der Waals surface area contributed by atoms with Crippen molar-refractivity contribution in [2.24, 2.45) is 0 Å². The second-order valence-electron chi connectivity index (χ2n) is 5.02. The highest BCUT2D eigenvalue weighted by Gasteiger charge is 2.27. The average Bonchev–Trinajstić information content (AvgIpc) is 2.83. The molecule has 0 fully saturated rings. The van der Waals surface area contributed by atoms with Crippen LogP contribution in [-0.2, 0) is 16.6 Å². The van der Waals surface area contributed by atoms with E-state index in [1.165, 1.54) is 15.6 Å². The first kappa shape index (κ1) is 16.6. The smallest absolute Gasteiger partial charge is 0.244 e. The monoisotopic (exact) mass is 304 g/mol. The van der Waals surface area contributed by atoms with Crippen molar-refractivity contribution < 1.29 is 8.42 Å². The fourth-order valence-corrected chi connectivity index (χ4v) is 4.43. The van der Waals surface area contributed by atoms with Gasteiger partial charge in [0.25, 0.3) is 0 Å². The molecule has 0 radical (unpaired) electrons. The molecule has 0 aliphatic rings. The number of rotatable bonds is 7. The number of nitrogens with zero attached hydrogens (tertiary/aromatic N) is 1. The van der Waals surface area contributed by atoms with Gasteiger partial charge in [0.05, 0.1) is 4.90 Å². The Bertz CT molecular complexity index is 494. The maximum absolute atomic E-state index is 12.6. The van der Waals surface area contributed by atoms with Gasteiger partial charge in [-0.15, -0.1) is 11.3 Å². The van der Waals surface area contributed by atoms with Crippen molar-refractivity contribution in [3.8, 4) is 0 Å². The number of nitrogens with one attached hydrogen (secondary N) is 1. The van der Waals surface area contributed by atoms with Crippen molar-refractivity contribution in [1.82, 2.24) is 9.62 Å². The minimum absolute atomic E-state index is 0.0100. The summed E-state index contributed by atoms with van der Waals surface area (Å²) in [7, 11) is -1.73. The van der Waals surface area contributed by atoms with E-state index in [0.29, 0.717) is 17.5 Å². The van der Waals surface area contributed by atoms with Crippen molar-refractivity contribution in [2.75, 3.05) is 7.05 Å². The lowest BCUT2D eigenvalue weighted by atomic mass is 10.3. The molecule has 1 unspecified atom stereocenters. The molecule has 0 bridgehead atoms. The van der Waals surface area contributed by atoms with E-state index in [9.17, 15) is 8.42 Å². The average molecular weight is 304 g/mol. The third-order valence-electron chi connectivity index (χ3n) is 3.24. The molecule has 0 amide bonds. The lowest BCUT2D eigenvalue weighted by Gasteiger charge is -2.23. The van der Waals surface area contributed by atoms with Crippen molar-refractivity contribution >= 4 is 21.4 Å². The Kier molecular flexibility index (Phi) is 5.98. The Morgan fingerprint density at radius 1 is 1.37 bits per heavy atom. The summed E-state index contributed by atoms with van der Waals surface area (Å²) in [6.07, 6.45) is 0.805. The predicted molar refractivity (Wildman–Crippen MR) is 81.0 cm³/mol. The molecule has 1 atom stereocenters. The molecule has 1 heterocycles. The number of hydrogen-bond donors (Lipinski definition) is 1. The molecule has 6 heteroatoms. The summed E-state index contributed by atoms with van der Waals surface area (Å²) in [4.78, 5) is 1.32. The summed E-state index contributed by atoms with van der Waals surface area (Å²) in [6.45, 7) is 8.61. The molecule has 0 saturated heterocycles. The summed E-state index contributed by atoms with van der Waals surface area (Å²) in [5, 5.41) is 5.11. The zero-order valence-electron chi connectivity index (χ0n) is 12.3. The Morgan fingerprint density at radius 2 is 2.00 bits per heavy atom. The van der Waals surface area contributed by atoms with Crippen molar-refractivity contribution in [1.29, 1.82) is 0 Å². The van der Waals surface area contributed by atoms with Crippen LogP contribution < -0.4 is 5.32 Å². The van der Waals surface area contributed by atoms with E-state index in [1.807, 2.05) is 33.1 Å². The first-order chi connectivity index (χ1) is 8.80. The normalized spacial score (nSPS) is 14.3. The molecule has 0 aliphatic carbocycles. The van der Waals surface area contributed by atoms with Gasteiger partial charge in [-0.05, 0) is 24.8 Å². The third kappa shape index (κ3) is 4.02. The van der Waals surface area contributed by atoms with Crippen molar-refractivity contribution in [2.45, 2.75) is 57.6 Å². The van der Waals surface area contributed by atoms with Crippen LogP contribution in [0.1, 0.15) is 39.0 Å². The fourth-order valence-electron chi connectivity index (χ4n) is 1.63. The van der Waals surface area contributed by atoms with E-state index in [1.54, 1.807) is 13.1 Å². The van der Waals surface area contributed by atoms with Crippen LogP contribution >= 0.6 is 11.3 Å². The van der Waals surface area contributed by atoms with Crippen molar-refractivity contribution in [3.63, 3.8) is 0 Å². The lowest BCUT2D eigenvalue weighted by Crippen LogP contribution is -2.35. The van der Waals surface area contributed by atoms with E-state index in [0.717, 1.165) is 11.3 Å². The minimum Gasteiger partial charge on any atom is -0.310 e. The Hall–Kier alpha value is -0.430. The largest absolute Gasteiger partial charge is 0.310 e. The number of hydrogen-bond acceptors (Lipinski definition) is 4. The van der Waals surface area contributed by atoms with Crippen LogP contribution in [0.25, 0.3) is 0 Å². The molecule has 0 spiro atoms. The summed E-state index contributed by atoms with van der Waals surface area (Å²) in [6, 6.07) is 2.05.